The molecule has 0 fully saturated rings. The highest BCUT2D eigenvalue weighted by molar-refractivity contribution is 5.61. The third kappa shape index (κ3) is 2.43. The van der Waals surface area contributed by atoms with Crippen LogP contribution in [0.5, 0.6) is 0 Å². The van der Waals surface area contributed by atoms with Crippen molar-refractivity contribution < 1.29 is 4.39 Å². The van der Waals surface area contributed by atoms with Gasteiger partial charge in [0.25, 0.3) is 0 Å². The van der Waals surface area contributed by atoms with Gasteiger partial charge in [-0.1, -0.05) is 13.8 Å². The number of hydrogen-bond donors (Lipinski definition) is 1. The van der Waals surface area contributed by atoms with Crippen molar-refractivity contribution in [3.8, 4) is 11.4 Å². The first kappa shape index (κ1) is 11.6. The lowest BCUT2D eigenvalue weighted by Crippen LogP contribution is -2.06. The number of nitrogens with two attached hydrogens (primary N) is 1. The van der Waals surface area contributed by atoms with Gasteiger partial charge in [0.15, 0.2) is 5.82 Å². The highest BCUT2D eigenvalue weighted by atomic mass is 19.1. The van der Waals surface area contributed by atoms with Crippen LogP contribution in [0.15, 0.2) is 24.5 Å². The lowest BCUT2D eigenvalue weighted by molar-refractivity contribution is 0.523. The minimum atomic E-state index is -0.336. The number of nitrogens with zero attached hydrogens (tertiary/aromatic N) is 3. The molecule has 0 spiro atoms. The van der Waals surface area contributed by atoms with Crippen LogP contribution in [0.4, 0.5) is 10.1 Å². The molecule has 2 N–H and O–H groups in total. The molecule has 4 nitrogen and oxygen atoms in total. The average Bonchev–Trinajstić information content (AvgIpc) is 2.69. The molecule has 0 atom stereocenters. The van der Waals surface area contributed by atoms with E-state index < -0.39 is 0 Å². The Labute approximate surface area is 99.3 Å². The Morgan fingerprint density at radius 3 is 2.88 bits per heavy atom. The van der Waals surface area contributed by atoms with Crippen LogP contribution in [0.1, 0.15) is 13.8 Å². The van der Waals surface area contributed by atoms with Crippen molar-refractivity contribution in [1.29, 1.82) is 0 Å². The second kappa shape index (κ2) is 4.53. The second-order valence-electron chi connectivity index (χ2n) is 4.44. The van der Waals surface area contributed by atoms with Crippen LogP contribution < -0.4 is 5.73 Å². The van der Waals surface area contributed by atoms with Crippen LogP contribution in [-0.2, 0) is 6.54 Å². The molecule has 0 aliphatic heterocycles. The summed E-state index contributed by atoms with van der Waals surface area (Å²) in [4.78, 5) is 0. The first-order valence-corrected chi connectivity index (χ1v) is 5.51. The summed E-state index contributed by atoms with van der Waals surface area (Å²) in [7, 11) is 0. The number of anilines is 1. The summed E-state index contributed by atoms with van der Waals surface area (Å²) in [6.45, 7) is 4.91. The zero-order valence-electron chi connectivity index (χ0n) is 9.89. The van der Waals surface area contributed by atoms with Gasteiger partial charge in [-0.2, -0.15) is 0 Å². The normalized spacial score (nSPS) is 11.1. The molecule has 2 rings (SSSR count). The molecule has 0 saturated carbocycles. The van der Waals surface area contributed by atoms with Crippen LogP contribution >= 0.6 is 0 Å². The van der Waals surface area contributed by atoms with Crippen LogP contribution in [0.2, 0.25) is 0 Å². The highest BCUT2D eigenvalue weighted by Gasteiger charge is 2.13. The smallest absolute Gasteiger partial charge is 0.166 e. The van der Waals surface area contributed by atoms with Crippen molar-refractivity contribution >= 4 is 5.69 Å². The van der Waals surface area contributed by atoms with Crippen molar-refractivity contribution in [2.24, 2.45) is 5.92 Å². The Kier molecular flexibility index (Phi) is 3.08. The molecular formula is C12H15FN4. The molecule has 0 aliphatic rings. The number of nitrogen functional groups attached to an aromatic ring is 1. The lowest BCUT2D eigenvalue weighted by atomic mass is 10.1. The fourth-order valence-electron chi connectivity index (χ4n) is 1.70. The van der Waals surface area contributed by atoms with Gasteiger partial charge in [-0.3, -0.25) is 0 Å². The summed E-state index contributed by atoms with van der Waals surface area (Å²) >= 11 is 0. The fourth-order valence-corrected chi connectivity index (χ4v) is 1.70. The van der Waals surface area contributed by atoms with E-state index in [0.717, 1.165) is 6.54 Å². The molecule has 0 amide bonds. The van der Waals surface area contributed by atoms with E-state index in [-0.39, 0.29) is 5.82 Å². The number of hydrogen-bond acceptors (Lipinski definition) is 3. The highest BCUT2D eigenvalue weighted by Crippen LogP contribution is 2.23. The summed E-state index contributed by atoms with van der Waals surface area (Å²) in [5.74, 6) is 0.620. The van der Waals surface area contributed by atoms with E-state index in [4.69, 9.17) is 5.73 Å². The van der Waals surface area contributed by atoms with Crippen LogP contribution in [0.25, 0.3) is 11.4 Å². The number of rotatable bonds is 3. The van der Waals surface area contributed by atoms with Gasteiger partial charge in [-0.15, -0.1) is 10.2 Å². The first-order chi connectivity index (χ1) is 8.08. The molecule has 17 heavy (non-hydrogen) atoms. The SMILES string of the molecule is CC(C)Cn1cnnc1-c1cc(N)ccc1F. The quantitative estimate of drug-likeness (QED) is 0.829. The molecule has 90 valence electrons. The van der Waals surface area contributed by atoms with E-state index in [1.165, 1.54) is 12.1 Å². The third-order valence-corrected chi connectivity index (χ3v) is 2.41. The van der Waals surface area contributed by atoms with Gasteiger partial charge in [-0.25, -0.2) is 4.39 Å². The lowest BCUT2D eigenvalue weighted by Gasteiger charge is -2.09. The molecule has 0 unspecified atom stereocenters. The maximum atomic E-state index is 13.7. The van der Waals surface area contributed by atoms with Gasteiger partial charge in [0.2, 0.25) is 0 Å². The van der Waals surface area contributed by atoms with E-state index in [0.29, 0.717) is 23.0 Å². The third-order valence-electron chi connectivity index (χ3n) is 2.41. The zero-order chi connectivity index (χ0) is 12.4. The van der Waals surface area contributed by atoms with Crippen molar-refractivity contribution in [2.75, 3.05) is 5.73 Å². The van der Waals surface area contributed by atoms with E-state index in [2.05, 4.69) is 24.0 Å². The van der Waals surface area contributed by atoms with Gasteiger partial charge < -0.3 is 10.3 Å². The molecular weight excluding hydrogens is 219 g/mol. The number of halogens is 1. The summed E-state index contributed by atoms with van der Waals surface area (Å²) in [5, 5.41) is 7.79. The molecule has 0 bridgehead atoms. The van der Waals surface area contributed by atoms with Gasteiger partial charge >= 0.3 is 0 Å². The molecule has 1 aromatic carbocycles. The Hall–Kier alpha value is -1.91. The molecule has 2 aromatic rings. The van der Waals surface area contributed by atoms with E-state index in [9.17, 15) is 4.39 Å². The summed E-state index contributed by atoms with van der Waals surface area (Å²) in [6, 6.07) is 4.46. The Morgan fingerprint density at radius 2 is 2.18 bits per heavy atom. The minimum absolute atomic E-state index is 0.336. The standard InChI is InChI=1S/C12H15FN4/c1-8(2)6-17-7-15-16-12(17)10-5-9(14)3-4-11(10)13/h3-5,7-8H,6,14H2,1-2H3. The summed E-state index contributed by atoms with van der Waals surface area (Å²) < 4.78 is 15.5. The second-order valence-corrected chi connectivity index (χ2v) is 4.44. The Bertz CT molecular complexity index is 519. The summed E-state index contributed by atoms with van der Waals surface area (Å²) in [6.07, 6.45) is 1.61. The van der Waals surface area contributed by atoms with Gasteiger partial charge in [0, 0.05) is 12.2 Å². The zero-order valence-corrected chi connectivity index (χ0v) is 9.89. The van der Waals surface area contributed by atoms with Crippen LogP contribution in [-0.4, -0.2) is 14.8 Å². The first-order valence-electron chi connectivity index (χ1n) is 5.51. The average molecular weight is 234 g/mol. The Balaban J connectivity index is 2.45. The van der Waals surface area contributed by atoms with Crippen molar-refractivity contribution in [2.45, 2.75) is 20.4 Å². The molecule has 1 aromatic heterocycles. The van der Waals surface area contributed by atoms with Gasteiger partial charge in [0.05, 0.1) is 5.56 Å². The van der Waals surface area contributed by atoms with Gasteiger partial charge in [-0.05, 0) is 24.1 Å². The fraction of sp³-hybridized carbons (Fsp3) is 0.333. The van der Waals surface area contributed by atoms with Crippen LogP contribution in [0, 0.1) is 11.7 Å². The van der Waals surface area contributed by atoms with Crippen molar-refractivity contribution in [3.63, 3.8) is 0 Å². The Morgan fingerprint density at radius 1 is 1.41 bits per heavy atom. The minimum Gasteiger partial charge on any atom is -0.399 e. The molecule has 0 aliphatic carbocycles. The maximum absolute atomic E-state index is 13.7. The topological polar surface area (TPSA) is 56.7 Å². The van der Waals surface area contributed by atoms with Gasteiger partial charge in [0.1, 0.15) is 12.1 Å². The predicted molar refractivity (Wildman–Crippen MR) is 64.7 cm³/mol. The molecule has 5 heteroatoms. The monoisotopic (exact) mass is 234 g/mol. The predicted octanol–water partition coefficient (Wildman–Crippen LogP) is 2.32. The number of aromatic nitrogens is 3. The molecule has 1 heterocycles. The van der Waals surface area contributed by atoms with E-state index >= 15 is 0 Å². The molecule has 0 saturated heterocycles. The summed E-state index contributed by atoms with van der Waals surface area (Å²) in [5.41, 5.74) is 6.57. The van der Waals surface area contributed by atoms with E-state index in [1.54, 1.807) is 12.4 Å². The molecule has 0 radical (unpaired) electrons. The largest absolute Gasteiger partial charge is 0.399 e. The van der Waals surface area contributed by atoms with Crippen molar-refractivity contribution in [3.05, 3.63) is 30.3 Å². The number of benzene rings is 1. The van der Waals surface area contributed by atoms with Crippen molar-refractivity contribution in [1.82, 2.24) is 14.8 Å². The van der Waals surface area contributed by atoms with Crippen LogP contribution in [0.3, 0.4) is 0 Å². The maximum Gasteiger partial charge on any atom is 0.166 e. The van der Waals surface area contributed by atoms with E-state index in [1.807, 2.05) is 4.57 Å².